The van der Waals surface area contributed by atoms with Gasteiger partial charge in [0, 0.05) is 40.4 Å². The number of amides is 4. The topological polar surface area (TPSA) is 130 Å². The first kappa shape index (κ1) is 48.6. The predicted molar refractivity (Wildman–Crippen MR) is 222 cm³/mol. The van der Waals surface area contributed by atoms with Crippen molar-refractivity contribution in [2.24, 2.45) is 28.7 Å². The Morgan fingerprint density at radius 3 is 2.24 bits per heavy atom. The van der Waals surface area contributed by atoms with Crippen LogP contribution in [0, 0.1) is 36.0 Å². The van der Waals surface area contributed by atoms with Gasteiger partial charge in [0.1, 0.15) is 6.04 Å². The van der Waals surface area contributed by atoms with Gasteiger partial charge in [-0.3, -0.25) is 24.2 Å². The van der Waals surface area contributed by atoms with E-state index in [9.17, 15) is 19.2 Å². The highest BCUT2D eigenvalue weighted by molar-refractivity contribution is 8.13. The molecule has 1 heterocycles. The highest BCUT2D eigenvalue weighted by Crippen LogP contribution is 2.30. The number of allylic oxidation sites excluding steroid dienone is 3. The standard InChI is InChI=1S/C42H69N5O6S/c1-15-19-21-31(17-3)25-32(41(54-14)43-18-4)44-40(50)30(10)39(53-13)33-22-20-23-47(33)36(49)26-34(52-12)38(29(9)16-2)46(11)42(51)37(28(7)8)45-35(48)24-27(5)6/h1,17-19,21,27-30,32-34,37-39H,4,16,20,22-26H2,2-3,5-14H3,(H,44,50)(H,45,48)/b21-19-,31-17+,43-41-/t29-,30+,32?,33-,34+,37-,38-,39+/m0/s1. The fraction of sp³-hybridized carbons (Fsp3) is 0.690. The summed E-state index contributed by atoms with van der Waals surface area (Å²) >= 11 is 1.43. The molecule has 0 aliphatic carbocycles. The van der Waals surface area contributed by atoms with Gasteiger partial charge in [0.05, 0.1) is 47.7 Å². The third-order valence-corrected chi connectivity index (χ3v) is 11.2. The van der Waals surface area contributed by atoms with Crippen LogP contribution in [0.2, 0.25) is 0 Å². The molecule has 1 fully saturated rings. The Kier molecular flexibility index (Phi) is 22.4. The Labute approximate surface area is 330 Å². The quantitative estimate of drug-likeness (QED) is 0.0598. The molecule has 1 aliphatic heterocycles. The number of nitrogens with one attached hydrogen (secondary N) is 2. The van der Waals surface area contributed by atoms with Gasteiger partial charge in [0.2, 0.25) is 23.6 Å². The summed E-state index contributed by atoms with van der Waals surface area (Å²) in [5.41, 5.74) is 0.943. The van der Waals surface area contributed by atoms with Crippen LogP contribution in [0.5, 0.6) is 0 Å². The minimum Gasteiger partial charge on any atom is -0.379 e. The lowest BCUT2D eigenvalue weighted by atomic mass is 9.89. The maximum absolute atomic E-state index is 14.2. The van der Waals surface area contributed by atoms with Crippen LogP contribution in [-0.2, 0) is 28.7 Å². The number of terminal acetylenes is 1. The van der Waals surface area contributed by atoms with Crippen molar-refractivity contribution in [3.8, 4) is 12.3 Å². The number of ether oxygens (including phenoxy) is 2. The molecule has 1 unspecified atom stereocenters. The summed E-state index contributed by atoms with van der Waals surface area (Å²) < 4.78 is 12.0. The van der Waals surface area contributed by atoms with E-state index in [4.69, 9.17) is 15.9 Å². The van der Waals surface area contributed by atoms with Gasteiger partial charge in [0.15, 0.2) is 0 Å². The minimum atomic E-state index is -0.710. The Bertz CT molecular complexity index is 1370. The van der Waals surface area contributed by atoms with Gasteiger partial charge >= 0.3 is 0 Å². The highest BCUT2D eigenvalue weighted by Gasteiger charge is 2.43. The number of thioether (sulfide) groups is 1. The Hall–Kier alpha value is -3.40. The molecule has 8 atom stereocenters. The van der Waals surface area contributed by atoms with Gasteiger partial charge in [-0.15, -0.1) is 18.2 Å². The molecule has 11 nitrogen and oxygen atoms in total. The summed E-state index contributed by atoms with van der Waals surface area (Å²) in [6, 6.07) is -1.91. The summed E-state index contributed by atoms with van der Waals surface area (Å²) in [5.74, 6) is 1.20. The molecule has 54 heavy (non-hydrogen) atoms. The number of aliphatic imine (C=N–C) groups is 1. The van der Waals surface area contributed by atoms with Crippen molar-refractivity contribution in [2.45, 2.75) is 130 Å². The van der Waals surface area contributed by atoms with Gasteiger partial charge in [-0.25, -0.2) is 0 Å². The molecule has 0 saturated carbocycles. The fourth-order valence-electron chi connectivity index (χ4n) is 7.19. The molecule has 4 amide bonds. The third-order valence-electron chi connectivity index (χ3n) is 10.3. The highest BCUT2D eigenvalue weighted by atomic mass is 32.2. The first-order valence-corrected chi connectivity index (χ1v) is 20.5. The van der Waals surface area contributed by atoms with E-state index in [1.165, 1.54) is 18.0 Å². The Balaban J connectivity index is 3.33. The van der Waals surface area contributed by atoms with Crippen LogP contribution in [0.3, 0.4) is 0 Å². The predicted octanol–water partition coefficient (Wildman–Crippen LogP) is 6.01. The maximum Gasteiger partial charge on any atom is 0.245 e. The normalized spacial score (nSPS) is 19.1. The Morgan fingerprint density at radius 1 is 1.07 bits per heavy atom. The van der Waals surface area contributed by atoms with Crippen LogP contribution >= 0.6 is 11.8 Å². The first-order chi connectivity index (χ1) is 25.6. The molecule has 0 aromatic heterocycles. The van der Waals surface area contributed by atoms with Crippen LogP contribution in [-0.4, -0.2) is 109 Å². The number of methoxy groups -OCH3 is 2. The SMILES string of the molecule is C#C/C=C\C(=C/C)CC(NC(=O)[C@H](C)[C@@H](OC)[C@@H]1CCCN1C(=O)C[C@@H](OC)[C@H]([C@@H](C)CC)N(C)C(=O)[C@@H](NC(=O)CC(C)C)C(C)C)/C(=N/C=C)SC. The van der Waals surface area contributed by atoms with Crippen molar-refractivity contribution in [1.82, 2.24) is 20.4 Å². The van der Waals surface area contributed by atoms with E-state index >= 15 is 0 Å². The van der Waals surface area contributed by atoms with Gasteiger partial charge < -0.3 is 29.9 Å². The summed E-state index contributed by atoms with van der Waals surface area (Å²) in [5, 5.41) is 6.84. The van der Waals surface area contributed by atoms with Crippen LogP contribution in [0.25, 0.3) is 0 Å². The summed E-state index contributed by atoms with van der Waals surface area (Å²) in [4.78, 5) is 62.8. The van der Waals surface area contributed by atoms with Crippen molar-refractivity contribution in [3.63, 3.8) is 0 Å². The summed E-state index contributed by atoms with van der Waals surface area (Å²) in [6.07, 6.45) is 16.1. The molecular weight excluding hydrogens is 703 g/mol. The van der Waals surface area contributed by atoms with Crippen molar-refractivity contribution >= 4 is 40.4 Å². The first-order valence-electron chi connectivity index (χ1n) is 19.3. The number of likely N-dealkylation sites (N-methyl/N-ethyl adjacent to an activating group) is 1. The van der Waals surface area contributed by atoms with Crippen LogP contribution in [0.1, 0.15) is 93.9 Å². The van der Waals surface area contributed by atoms with E-state index in [0.29, 0.717) is 30.9 Å². The second kappa shape index (κ2) is 24.9. The molecule has 1 rings (SSSR count). The van der Waals surface area contributed by atoms with Crippen molar-refractivity contribution in [3.05, 3.63) is 36.6 Å². The van der Waals surface area contributed by atoms with E-state index in [2.05, 4.69) is 28.1 Å². The zero-order chi connectivity index (χ0) is 41.1. The molecule has 304 valence electrons. The number of hydrogen-bond acceptors (Lipinski definition) is 8. The number of nitrogens with zero attached hydrogens (tertiary/aromatic N) is 3. The number of rotatable bonds is 22. The van der Waals surface area contributed by atoms with E-state index in [0.717, 1.165) is 18.4 Å². The number of likely N-dealkylation sites (tertiary alicyclic amines) is 1. The van der Waals surface area contributed by atoms with Crippen LogP contribution in [0.4, 0.5) is 0 Å². The Morgan fingerprint density at radius 2 is 1.74 bits per heavy atom. The second-order valence-corrected chi connectivity index (χ2v) is 15.8. The van der Waals surface area contributed by atoms with Crippen LogP contribution < -0.4 is 10.6 Å². The molecule has 0 radical (unpaired) electrons. The lowest BCUT2D eigenvalue weighted by molar-refractivity contribution is -0.147. The average Bonchev–Trinajstić information content (AvgIpc) is 3.62. The lowest BCUT2D eigenvalue weighted by Gasteiger charge is -2.41. The van der Waals surface area contributed by atoms with Crippen molar-refractivity contribution in [1.29, 1.82) is 0 Å². The average molecular weight is 772 g/mol. The molecule has 0 aromatic rings. The number of carbonyl (C=O) groups is 4. The van der Waals surface area contributed by atoms with E-state index < -0.39 is 36.3 Å². The number of carbonyl (C=O) groups excluding carboxylic acids is 4. The zero-order valence-electron chi connectivity index (χ0n) is 35.0. The maximum atomic E-state index is 14.2. The molecule has 12 heteroatoms. The smallest absolute Gasteiger partial charge is 0.245 e. The minimum absolute atomic E-state index is 0.00503. The van der Waals surface area contributed by atoms with Crippen molar-refractivity contribution in [2.75, 3.05) is 34.1 Å². The molecule has 2 N–H and O–H groups in total. The van der Waals surface area contributed by atoms with Crippen molar-refractivity contribution < 1.29 is 28.7 Å². The molecule has 0 aromatic carbocycles. The molecule has 1 aliphatic rings. The third kappa shape index (κ3) is 14.3. The summed E-state index contributed by atoms with van der Waals surface area (Å²) in [7, 11) is 4.88. The van der Waals surface area contributed by atoms with Gasteiger partial charge in [-0.1, -0.05) is 79.5 Å². The molecule has 0 bridgehead atoms. The largest absolute Gasteiger partial charge is 0.379 e. The summed E-state index contributed by atoms with van der Waals surface area (Å²) in [6.45, 7) is 19.9. The fourth-order valence-corrected chi connectivity index (χ4v) is 7.80. The molecule has 1 saturated heterocycles. The van der Waals surface area contributed by atoms with E-state index in [-0.39, 0.29) is 53.8 Å². The van der Waals surface area contributed by atoms with Gasteiger partial charge in [-0.2, -0.15) is 0 Å². The van der Waals surface area contributed by atoms with Gasteiger partial charge in [-0.05, 0) is 61.8 Å². The van der Waals surface area contributed by atoms with E-state index in [1.807, 2.05) is 78.7 Å². The number of hydrogen-bond donors (Lipinski definition) is 2. The molecular formula is C42H69N5O6S. The molecule has 0 spiro atoms. The van der Waals surface area contributed by atoms with Gasteiger partial charge in [0.25, 0.3) is 0 Å². The lowest BCUT2D eigenvalue weighted by Crippen LogP contribution is -2.58. The van der Waals surface area contributed by atoms with Crippen LogP contribution in [0.15, 0.2) is 41.6 Å². The zero-order valence-corrected chi connectivity index (χ0v) is 35.8. The second-order valence-electron chi connectivity index (χ2n) is 15.0. The monoisotopic (exact) mass is 771 g/mol. The van der Waals surface area contributed by atoms with E-state index in [1.54, 1.807) is 32.2 Å².